The first-order valence-electron chi connectivity index (χ1n) is 5.23. The summed E-state index contributed by atoms with van der Waals surface area (Å²) < 4.78 is 0. The molecule has 1 amide bonds. The highest BCUT2D eigenvalue weighted by Crippen LogP contribution is 2.28. The van der Waals surface area contributed by atoms with Crippen LogP contribution in [0.4, 0.5) is 5.69 Å². The number of carbonyl (C=O) groups is 1. The fourth-order valence-electron chi connectivity index (χ4n) is 1.98. The predicted octanol–water partition coefficient (Wildman–Crippen LogP) is 2.46. The lowest BCUT2D eigenvalue weighted by Gasteiger charge is -2.28. The Morgan fingerprint density at radius 2 is 2.27 bits per heavy atom. The van der Waals surface area contributed by atoms with Crippen LogP contribution in [0.5, 0.6) is 0 Å². The maximum absolute atomic E-state index is 11.7. The number of nitrogens with zero attached hydrogens (tertiary/aromatic N) is 1. The first-order valence-corrected chi connectivity index (χ1v) is 5.23. The van der Waals surface area contributed by atoms with E-state index in [1.54, 1.807) is 6.08 Å². The smallest absolute Gasteiger partial charge is 0.227 e. The molecular weight excluding hydrogens is 186 g/mol. The van der Waals surface area contributed by atoms with Crippen LogP contribution in [-0.4, -0.2) is 12.5 Å². The van der Waals surface area contributed by atoms with Gasteiger partial charge in [-0.05, 0) is 30.5 Å². The Balaban J connectivity index is 2.45. The van der Waals surface area contributed by atoms with E-state index in [9.17, 15) is 4.79 Å². The number of amides is 1. The first kappa shape index (κ1) is 9.97. The number of hydrogen-bond acceptors (Lipinski definition) is 1. The lowest BCUT2D eigenvalue weighted by Crippen LogP contribution is -2.35. The van der Waals surface area contributed by atoms with E-state index in [0.717, 1.165) is 12.1 Å². The molecule has 15 heavy (non-hydrogen) atoms. The maximum Gasteiger partial charge on any atom is 0.227 e. The third kappa shape index (κ3) is 1.80. The van der Waals surface area contributed by atoms with Crippen molar-refractivity contribution in [1.82, 2.24) is 0 Å². The highest BCUT2D eigenvalue weighted by molar-refractivity contribution is 5.96. The highest BCUT2D eigenvalue weighted by Gasteiger charge is 2.22. The largest absolute Gasteiger partial charge is 0.308 e. The zero-order valence-corrected chi connectivity index (χ0v) is 8.99. The predicted molar refractivity (Wildman–Crippen MR) is 62.1 cm³/mol. The quantitative estimate of drug-likeness (QED) is 0.673. The topological polar surface area (TPSA) is 20.3 Å². The van der Waals surface area contributed by atoms with E-state index in [0.29, 0.717) is 13.0 Å². The SMILES string of the molecule is C=CCN1C(=O)CCc2ccc(C)cc21. The van der Waals surface area contributed by atoms with Gasteiger partial charge in [0.25, 0.3) is 0 Å². The molecule has 1 heterocycles. The Bertz CT molecular complexity index is 409. The van der Waals surface area contributed by atoms with Gasteiger partial charge in [-0.15, -0.1) is 6.58 Å². The number of rotatable bonds is 2. The molecule has 0 unspecified atom stereocenters. The van der Waals surface area contributed by atoms with Crippen LogP contribution in [0.15, 0.2) is 30.9 Å². The monoisotopic (exact) mass is 201 g/mol. The van der Waals surface area contributed by atoms with Crippen molar-refractivity contribution < 1.29 is 4.79 Å². The summed E-state index contributed by atoms with van der Waals surface area (Å²) in [5.41, 5.74) is 3.52. The fourth-order valence-corrected chi connectivity index (χ4v) is 1.98. The Morgan fingerprint density at radius 1 is 1.47 bits per heavy atom. The van der Waals surface area contributed by atoms with Gasteiger partial charge in [0.2, 0.25) is 5.91 Å². The molecule has 0 saturated carbocycles. The van der Waals surface area contributed by atoms with Crippen molar-refractivity contribution in [3.8, 4) is 0 Å². The van der Waals surface area contributed by atoms with E-state index in [-0.39, 0.29) is 5.91 Å². The van der Waals surface area contributed by atoms with E-state index in [4.69, 9.17) is 0 Å². The Morgan fingerprint density at radius 3 is 3.00 bits per heavy atom. The van der Waals surface area contributed by atoms with Crippen molar-refractivity contribution in [1.29, 1.82) is 0 Å². The van der Waals surface area contributed by atoms with E-state index in [1.807, 2.05) is 11.8 Å². The molecule has 0 fully saturated rings. The molecule has 1 aromatic carbocycles. The standard InChI is InChI=1S/C13H15NO/c1-3-8-14-12-9-10(2)4-5-11(12)6-7-13(14)15/h3-5,9H,1,6-8H2,2H3. The maximum atomic E-state index is 11.7. The molecular formula is C13H15NO. The van der Waals surface area contributed by atoms with Gasteiger partial charge < -0.3 is 4.90 Å². The third-order valence-electron chi connectivity index (χ3n) is 2.75. The highest BCUT2D eigenvalue weighted by atomic mass is 16.2. The summed E-state index contributed by atoms with van der Waals surface area (Å²) in [5, 5.41) is 0. The second kappa shape index (κ2) is 3.89. The molecule has 2 heteroatoms. The van der Waals surface area contributed by atoms with Gasteiger partial charge in [-0.25, -0.2) is 0 Å². The summed E-state index contributed by atoms with van der Waals surface area (Å²) in [7, 11) is 0. The number of aryl methyl sites for hydroxylation is 2. The molecule has 0 atom stereocenters. The minimum atomic E-state index is 0.202. The number of hydrogen-bond donors (Lipinski definition) is 0. The fraction of sp³-hybridized carbons (Fsp3) is 0.308. The average molecular weight is 201 g/mol. The molecule has 0 spiro atoms. The van der Waals surface area contributed by atoms with Crippen molar-refractivity contribution in [2.75, 3.05) is 11.4 Å². The Hall–Kier alpha value is -1.57. The van der Waals surface area contributed by atoms with Crippen LogP contribution >= 0.6 is 0 Å². The van der Waals surface area contributed by atoms with Gasteiger partial charge in [-0.1, -0.05) is 18.2 Å². The van der Waals surface area contributed by atoms with Crippen molar-refractivity contribution in [3.63, 3.8) is 0 Å². The van der Waals surface area contributed by atoms with Crippen LogP contribution < -0.4 is 4.90 Å². The van der Waals surface area contributed by atoms with Gasteiger partial charge in [0, 0.05) is 18.7 Å². The van der Waals surface area contributed by atoms with Gasteiger partial charge in [0.15, 0.2) is 0 Å². The van der Waals surface area contributed by atoms with Gasteiger partial charge in [0.05, 0.1) is 0 Å². The van der Waals surface area contributed by atoms with Crippen molar-refractivity contribution >= 4 is 11.6 Å². The molecule has 0 radical (unpaired) electrons. The van der Waals surface area contributed by atoms with E-state index < -0.39 is 0 Å². The zero-order valence-electron chi connectivity index (χ0n) is 8.99. The number of anilines is 1. The minimum Gasteiger partial charge on any atom is -0.308 e. The van der Waals surface area contributed by atoms with Crippen molar-refractivity contribution in [3.05, 3.63) is 42.0 Å². The molecule has 2 nitrogen and oxygen atoms in total. The molecule has 0 bridgehead atoms. The van der Waals surface area contributed by atoms with Crippen LogP contribution in [0.1, 0.15) is 17.5 Å². The third-order valence-corrected chi connectivity index (χ3v) is 2.75. The number of fused-ring (bicyclic) bond motifs is 1. The van der Waals surface area contributed by atoms with Crippen LogP contribution in [0.25, 0.3) is 0 Å². The minimum absolute atomic E-state index is 0.202. The Labute approximate surface area is 90.2 Å². The van der Waals surface area contributed by atoms with Gasteiger partial charge in [0.1, 0.15) is 0 Å². The first-order chi connectivity index (χ1) is 7.22. The summed E-state index contributed by atoms with van der Waals surface area (Å²) in [6.45, 7) is 6.34. The van der Waals surface area contributed by atoms with E-state index in [1.165, 1.54) is 11.1 Å². The molecule has 1 aromatic rings. The van der Waals surface area contributed by atoms with Crippen molar-refractivity contribution in [2.45, 2.75) is 19.8 Å². The van der Waals surface area contributed by atoms with Gasteiger partial charge in [-0.2, -0.15) is 0 Å². The summed E-state index contributed by atoms with van der Waals surface area (Å²) in [4.78, 5) is 13.6. The molecule has 78 valence electrons. The number of benzene rings is 1. The summed E-state index contributed by atoms with van der Waals surface area (Å²) in [6.07, 6.45) is 3.25. The van der Waals surface area contributed by atoms with Crippen LogP contribution in [0.3, 0.4) is 0 Å². The van der Waals surface area contributed by atoms with Gasteiger partial charge >= 0.3 is 0 Å². The van der Waals surface area contributed by atoms with E-state index >= 15 is 0 Å². The molecule has 0 N–H and O–H groups in total. The average Bonchev–Trinajstić information content (AvgIpc) is 2.23. The van der Waals surface area contributed by atoms with Crippen LogP contribution in [-0.2, 0) is 11.2 Å². The lowest BCUT2D eigenvalue weighted by molar-refractivity contribution is -0.118. The molecule has 1 aliphatic rings. The molecule has 0 aliphatic carbocycles. The van der Waals surface area contributed by atoms with Crippen molar-refractivity contribution in [2.24, 2.45) is 0 Å². The molecule has 1 aliphatic heterocycles. The second-order valence-electron chi connectivity index (χ2n) is 3.93. The summed E-state index contributed by atoms with van der Waals surface area (Å²) in [6, 6.07) is 6.30. The number of carbonyl (C=O) groups excluding carboxylic acids is 1. The molecule has 0 aromatic heterocycles. The lowest BCUT2D eigenvalue weighted by atomic mass is 9.99. The zero-order chi connectivity index (χ0) is 10.8. The molecule has 0 saturated heterocycles. The normalized spacial score (nSPS) is 15.0. The second-order valence-corrected chi connectivity index (χ2v) is 3.93. The molecule has 2 rings (SSSR count). The van der Waals surface area contributed by atoms with Gasteiger partial charge in [-0.3, -0.25) is 4.79 Å². The van der Waals surface area contributed by atoms with E-state index in [2.05, 4.69) is 24.8 Å². The van der Waals surface area contributed by atoms with Crippen LogP contribution in [0.2, 0.25) is 0 Å². The summed E-state index contributed by atoms with van der Waals surface area (Å²) >= 11 is 0. The Kier molecular flexibility index (Phi) is 2.58. The van der Waals surface area contributed by atoms with Crippen LogP contribution in [0, 0.1) is 6.92 Å². The summed E-state index contributed by atoms with van der Waals surface area (Å²) in [5.74, 6) is 0.202.